The van der Waals surface area contributed by atoms with Gasteiger partial charge >= 0.3 is 10.3 Å². The number of halogens is 2. The molecular weight excluding hydrogens is 251 g/mol. The van der Waals surface area contributed by atoms with E-state index in [1.54, 1.807) is 0 Å². The molecule has 1 rings (SSSR count). The smallest absolute Gasteiger partial charge is 0.253 e. The Morgan fingerprint density at radius 1 is 1.36 bits per heavy atom. The van der Waals surface area contributed by atoms with Crippen molar-refractivity contribution in [2.24, 2.45) is 5.14 Å². The Bertz CT molecular complexity index is 414. The summed E-state index contributed by atoms with van der Waals surface area (Å²) in [6.07, 6.45) is 0. The van der Waals surface area contributed by atoms with E-state index < -0.39 is 10.3 Å². The summed E-state index contributed by atoms with van der Waals surface area (Å²) in [5.74, 6) is 0. The number of pyridine rings is 1. The molecule has 0 radical (unpaired) electrons. The Hall–Kier alpha value is -0.400. The van der Waals surface area contributed by atoms with Crippen LogP contribution in [0.5, 0.6) is 0 Å². The lowest BCUT2D eigenvalue weighted by Crippen LogP contribution is -2.15. The van der Waals surface area contributed by atoms with Gasteiger partial charge in [0.25, 0.3) is 0 Å². The van der Waals surface area contributed by atoms with Crippen LogP contribution in [0, 0.1) is 0 Å². The fraction of sp³-hybridized carbons (Fsp3) is 0.167. The van der Waals surface area contributed by atoms with E-state index in [1.165, 1.54) is 12.1 Å². The molecule has 14 heavy (non-hydrogen) atoms. The molecule has 2 N–H and O–H groups in total. The number of aromatic nitrogens is 1. The third-order valence-electron chi connectivity index (χ3n) is 1.21. The summed E-state index contributed by atoms with van der Waals surface area (Å²) in [5.41, 5.74) is 0.476. The molecule has 1 heterocycles. The van der Waals surface area contributed by atoms with E-state index in [2.05, 4.69) is 14.3 Å². The Kier molecular flexibility index (Phi) is 3.68. The lowest BCUT2D eigenvalue weighted by Gasteiger charge is -2.01. The third kappa shape index (κ3) is 4.21. The second kappa shape index (κ2) is 4.41. The maximum absolute atomic E-state index is 10.4. The zero-order valence-corrected chi connectivity index (χ0v) is 9.10. The standard InChI is InChI=1S/C6H6Cl2N2O3S/c7-5-1-4(2-6(8)10-5)3-13-14(9,11)12/h1-2H,3H2,(H2,9,11,12). The lowest BCUT2D eigenvalue weighted by molar-refractivity contribution is 0.308. The molecule has 0 saturated heterocycles. The van der Waals surface area contributed by atoms with Gasteiger partial charge in [0.1, 0.15) is 10.3 Å². The number of nitrogens with two attached hydrogens (primary N) is 1. The van der Waals surface area contributed by atoms with Crippen LogP contribution >= 0.6 is 23.2 Å². The van der Waals surface area contributed by atoms with Gasteiger partial charge in [0.2, 0.25) is 0 Å². The first kappa shape index (κ1) is 11.7. The van der Waals surface area contributed by atoms with Crippen molar-refractivity contribution in [3.63, 3.8) is 0 Å². The minimum absolute atomic E-state index is 0.158. The van der Waals surface area contributed by atoms with Crippen LogP contribution in [0.4, 0.5) is 0 Å². The van der Waals surface area contributed by atoms with Crippen molar-refractivity contribution in [2.45, 2.75) is 6.61 Å². The van der Waals surface area contributed by atoms with Gasteiger partial charge < -0.3 is 0 Å². The van der Waals surface area contributed by atoms with Crippen molar-refractivity contribution in [3.05, 3.63) is 28.0 Å². The van der Waals surface area contributed by atoms with E-state index in [4.69, 9.17) is 23.2 Å². The van der Waals surface area contributed by atoms with Crippen LogP contribution in [-0.4, -0.2) is 13.4 Å². The van der Waals surface area contributed by atoms with E-state index >= 15 is 0 Å². The average Bonchev–Trinajstić information content (AvgIpc) is 1.97. The zero-order valence-electron chi connectivity index (χ0n) is 6.78. The Labute approximate surface area is 91.0 Å². The molecule has 0 atom stereocenters. The number of nitrogens with zero attached hydrogens (tertiary/aromatic N) is 1. The fourth-order valence-corrected chi connectivity index (χ4v) is 1.55. The van der Waals surface area contributed by atoms with Gasteiger partial charge in [0.15, 0.2) is 0 Å². The molecule has 0 saturated carbocycles. The molecule has 78 valence electrons. The first-order chi connectivity index (χ1) is 6.37. The molecular formula is C6H6Cl2N2O3S. The molecule has 0 aliphatic heterocycles. The molecule has 0 aliphatic rings. The van der Waals surface area contributed by atoms with Crippen LogP contribution in [0.2, 0.25) is 10.3 Å². The molecule has 0 bridgehead atoms. The summed E-state index contributed by atoms with van der Waals surface area (Å²) in [6.45, 7) is -0.221. The predicted molar refractivity (Wildman–Crippen MR) is 52.2 cm³/mol. The first-order valence-corrected chi connectivity index (χ1v) is 5.59. The second-order valence-corrected chi connectivity index (χ2v) is 4.37. The van der Waals surface area contributed by atoms with Crippen LogP contribution in [0.3, 0.4) is 0 Å². The topological polar surface area (TPSA) is 82.3 Å². The van der Waals surface area contributed by atoms with Gasteiger partial charge in [-0.1, -0.05) is 23.2 Å². The fourth-order valence-electron chi connectivity index (χ4n) is 0.748. The van der Waals surface area contributed by atoms with Crippen molar-refractivity contribution in [2.75, 3.05) is 0 Å². The van der Waals surface area contributed by atoms with Crippen LogP contribution in [0.1, 0.15) is 5.56 Å². The molecule has 5 nitrogen and oxygen atoms in total. The van der Waals surface area contributed by atoms with Crippen LogP contribution in [0.25, 0.3) is 0 Å². The lowest BCUT2D eigenvalue weighted by atomic mass is 10.3. The average molecular weight is 257 g/mol. The van der Waals surface area contributed by atoms with E-state index in [-0.39, 0.29) is 16.9 Å². The molecule has 0 unspecified atom stereocenters. The Morgan fingerprint density at radius 2 is 1.86 bits per heavy atom. The van der Waals surface area contributed by atoms with Crippen LogP contribution in [0.15, 0.2) is 12.1 Å². The summed E-state index contributed by atoms with van der Waals surface area (Å²) < 4.78 is 25.2. The number of rotatable bonds is 3. The van der Waals surface area contributed by atoms with Gasteiger partial charge in [-0.15, -0.1) is 0 Å². The van der Waals surface area contributed by atoms with E-state index in [0.29, 0.717) is 5.56 Å². The van der Waals surface area contributed by atoms with E-state index in [9.17, 15) is 8.42 Å². The van der Waals surface area contributed by atoms with Crippen molar-refractivity contribution in [1.29, 1.82) is 0 Å². The van der Waals surface area contributed by atoms with Gasteiger partial charge in [-0.3, -0.25) is 4.18 Å². The molecule has 8 heteroatoms. The molecule has 0 fully saturated rings. The zero-order chi connectivity index (χ0) is 10.8. The van der Waals surface area contributed by atoms with E-state index in [1.807, 2.05) is 0 Å². The molecule has 1 aromatic rings. The van der Waals surface area contributed by atoms with Crippen LogP contribution < -0.4 is 5.14 Å². The summed E-state index contributed by atoms with van der Waals surface area (Å²) in [6, 6.07) is 2.86. The molecule has 1 aromatic heterocycles. The highest BCUT2D eigenvalue weighted by Gasteiger charge is 2.05. The highest BCUT2D eigenvalue weighted by molar-refractivity contribution is 7.84. The summed E-state index contributed by atoms with van der Waals surface area (Å²) in [5, 5.41) is 4.94. The minimum Gasteiger partial charge on any atom is -0.253 e. The maximum Gasteiger partial charge on any atom is 0.333 e. The number of hydrogen-bond donors (Lipinski definition) is 1. The van der Waals surface area contributed by atoms with Gasteiger partial charge in [-0.05, 0) is 17.7 Å². The van der Waals surface area contributed by atoms with Gasteiger partial charge in [-0.25, -0.2) is 10.1 Å². The number of hydrogen-bond acceptors (Lipinski definition) is 4. The molecule has 0 aliphatic carbocycles. The normalized spacial score (nSPS) is 11.6. The van der Waals surface area contributed by atoms with E-state index in [0.717, 1.165) is 0 Å². The predicted octanol–water partition coefficient (Wildman–Crippen LogP) is 1.11. The van der Waals surface area contributed by atoms with Crippen LogP contribution in [-0.2, 0) is 21.1 Å². The maximum atomic E-state index is 10.4. The Morgan fingerprint density at radius 3 is 2.29 bits per heavy atom. The van der Waals surface area contributed by atoms with Crippen molar-refractivity contribution in [3.8, 4) is 0 Å². The second-order valence-electron chi connectivity index (χ2n) is 2.38. The largest absolute Gasteiger partial charge is 0.333 e. The third-order valence-corrected chi connectivity index (χ3v) is 2.05. The monoisotopic (exact) mass is 256 g/mol. The quantitative estimate of drug-likeness (QED) is 0.822. The molecule has 0 spiro atoms. The molecule has 0 aromatic carbocycles. The SMILES string of the molecule is NS(=O)(=O)OCc1cc(Cl)nc(Cl)c1. The van der Waals surface area contributed by atoms with Gasteiger partial charge in [0, 0.05) is 0 Å². The van der Waals surface area contributed by atoms with Gasteiger partial charge in [-0.2, -0.15) is 8.42 Å². The summed E-state index contributed by atoms with van der Waals surface area (Å²) >= 11 is 11.1. The minimum atomic E-state index is -3.95. The molecule has 0 amide bonds. The Balaban J connectivity index is 2.78. The highest BCUT2D eigenvalue weighted by atomic mass is 35.5. The summed E-state index contributed by atoms with van der Waals surface area (Å²) in [4.78, 5) is 3.67. The van der Waals surface area contributed by atoms with Crippen molar-refractivity contribution >= 4 is 33.5 Å². The van der Waals surface area contributed by atoms with Gasteiger partial charge in [0.05, 0.1) is 6.61 Å². The first-order valence-electron chi connectivity index (χ1n) is 3.36. The van der Waals surface area contributed by atoms with Crippen molar-refractivity contribution < 1.29 is 12.6 Å². The highest BCUT2D eigenvalue weighted by Crippen LogP contribution is 2.15. The van der Waals surface area contributed by atoms with Crippen molar-refractivity contribution in [1.82, 2.24) is 4.98 Å². The summed E-state index contributed by atoms with van der Waals surface area (Å²) in [7, 11) is -3.95.